The predicted octanol–water partition coefficient (Wildman–Crippen LogP) is 3.65. The molecule has 0 aromatic heterocycles. The highest BCUT2D eigenvalue weighted by Gasteiger charge is 2.76. The van der Waals surface area contributed by atoms with Crippen molar-refractivity contribution in [3.8, 4) is 0 Å². The van der Waals surface area contributed by atoms with Gasteiger partial charge >= 0.3 is 0 Å². The molecule has 5 rings (SSSR count). The molecular weight excluding hydrogens is 510 g/mol. The third kappa shape index (κ3) is 5.33. The molecule has 0 aliphatic carbocycles. The monoisotopic (exact) mass is 549 g/mol. The van der Waals surface area contributed by atoms with Crippen LogP contribution in [0.2, 0.25) is 0 Å². The average molecular weight is 550 g/mol. The maximum atomic E-state index is 14.1. The van der Waals surface area contributed by atoms with E-state index in [9.17, 15) is 14.4 Å². The zero-order valence-electron chi connectivity index (χ0n) is 22.6. The number of carbonyl (C=O) groups is 3. The van der Waals surface area contributed by atoms with Crippen molar-refractivity contribution in [3.63, 3.8) is 0 Å². The summed E-state index contributed by atoms with van der Waals surface area (Å²) in [7, 11) is 0. The quantitative estimate of drug-likeness (QED) is 0.351. The molecule has 0 radical (unpaired) electrons. The van der Waals surface area contributed by atoms with E-state index in [1.54, 1.807) is 16.7 Å². The normalized spacial score (nSPS) is 28.9. The van der Waals surface area contributed by atoms with Crippen LogP contribution < -0.4 is 10.6 Å². The summed E-state index contributed by atoms with van der Waals surface area (Å²) >= 11 is 1.71. The van der Waals surface area contributed by atoms with Gasteiger partial charge in [0, 0.05) is 31.0 Å². The Kier molecular flexibility index (Phi) is 8.33. The van der Waals surface area contributed by atoms with Crippen LogP contribution in [0.1, 0.15) is 56.6 Å². The number of hydrogen-bond acceptors (Lipinski definition) is 5. The minimum absolute atomic E-state index is 0.0622. The van der Waals surface area contributed by atoms with Crippen LogP contribution in [0.25, 0.3) is 0 Å². The molecule has 3 aliphatic heterocycles. The summed E-state index contributed by atoms with van der Waals surface area (Å²) in [6.45, 7) is 3.57. The molecule has 3 saturated heterocycles. The summed E-state index contributed by atoms with van der Waals surface area (Å²) in [5, 5.41) is 15.4. The summed E-state index contributed by atoms with van der Waals surface area (Å²) in [4.78, 5) is 43.5. The second kappa shape index (κ2) is 11.7. The van der Waals surface area contributed by atoms with Crippen LogP contribution in [0.3, 0.4) is 0 Å². The predicted molar refractivity (Wildman–Crippen MR) is 153 cm³/mol. The third-order valence-corrected chi connectivity index (χ3v) is 10.7. The molecule has 2 bridgehead atoms. The minimum Gasteiger partial charge on any atom is -0.396 e. The van der Waals surface area contributed by atoms with E-state index in [0.717, 1.165) is 49.7 Å². The van der Waals surface area contributed by atoms with Gasteiger partial charge in [0.2, 0.25) is 17.7 Å². The molecular formula is C31H39N3O4S. The fourth-order valence-corrected chi connectivity index (χ4v) is 9.25. The Morgan fingerprint density at radius 1 is 0.897 bits per heavy atom. The number of carbonyl (C=O) groups excluding carboxylic acids is 3. The van der Waals surface area contributed by atoms with Crippen molar-refractivity contribution < 1.29 is 19.5 Å². The smallest absolute Gasteiger partial charge is 0.244 e. The van der Waals surface area contributed by atoms with Crippen LogP contribution in [0.4, 0.5) is 0 Å². The lowest BCUT2D eigenvalue weighted by atomic mass is 9.66. The molecule has 3 aliphatic rings. The van der Waals surface area contributed by atoms with Crippen LogP contribution in [0.5, 0.6) is 0 Å². The van der Waals surface area contributed by atoms with Gasteiger partial charge in [-0.3, -0.25) is 14.4 Å². The van der Waals surface area contributed by atoms with Crippen molar-refractivity contribution in [3.05, 3.63) is 71.8 Å². The zero-order chi connectivity index (χ0) is 27.5. The third-order valence-electron chi connectivity index (χ3n) is 8.73. The van der Waals surface area contributed by atoms with Crippen LogP contribution in [-0.2, 0) is 27.5 Å². The molecule has 5 atom stereocenters. The van der Waals surface area contributed by atoms with Gasteiger partial charge in [-0.05, 0) is 43.7 Å². The molecule has 0 saturated carbocycles. The minimum atomic E-state index is -0.605. The van der Waals surface area contributed by atoms with E-state index in [1.165, 1.54) is 0 Å². The fraction of sp³-hybridized carbons (Fsp3) is 0.516. The molecule has 208 valence electrons. The molecule has 39 heavy (non-hydrogen) atoms. The van der Waals surface area contributed by atoms with E-state index in [0.29, 0.717) is 19.6 Å². The Morgan fingerprint density at radius 3 is 2.10 bits per heavy atom. The van der Waals surface area contributed by atoms with E-state index in [-0.39, 0.29) is 29.1 Å². The Bertz CT molecular complexity index is 1180. The van der Waals surface area contributed by atoms with Crippen molar-refractivity contribution in [1.29, 1.82) is 0 Å². The topological polar surface area (TPSA) is 98.7 Å². The SMILES string of the molecule is C[C@]12CCC3(S1)C(C(=O)NCc1ccccc1)N(CCCCCCO)C(=O)[C@@H]3[C@H]2C(=O)NCc1ccccc1. The molecule has 7 nitrogen and oxygen atoms in total. The highest BCUT2D eigenvalue weighted by Crippen LogP contribution is 2.71. The van der Waals surface area contributed by atoms with Crippen molar-refractivity contribution in [2.24, 2.45) is 11.8 Å². The number of fused-ring (bicyclic) bond motifs is 1. The Balaban J connectivity index is 1.38. The zero-order valence-corrected chi connectivity index (χ0v) is 23.4. The van der Waals surface area contributed by atoms with Gasteiger partial charge in [-0.25, -0.2) is 0 Å². The first-order valence-corrected chi connectivity index (χ1v) is 15.0. The summed E-state index contributed by atoms with van der Waals surface area (Å²) < 4.78 is -0.987. The van der Waals surface area contributed by atoms with E-state index in [4.69, 9.17) is 5.11 Å². The van der Waals surface area contributed by atoms with Gasteiger partial charge in [0.15, 0.2) is 0 Å². The molecule has 2 aromatic rings. The Labute approximate surface area is 235 Å². The first kappa shape index (κ1) is 27.7. The van der Waals surface area contributed by atoms with Crippen LogP contribution in [0.15, 0.2) is 60.7 Å². The lowest BCUT2D eigenvalue weighted by molar-refractivity contribution is -0.140. The second-order valence-electron chi connectivity index (χ2n) is 11.3. The summed E-state index contributed by atoms with van der Waals surface area (Å²) in [5.41, 5.74) is 2.02. The number of aliphatic hydroxyl groups is 1. The number of nitrogens with one attached hydrogen (secondary N) is 2. The largest absolute Gasteiger partial charge is 0.396 e. The van der Waals surface area contributed by atoms with Crippen LogP contribution in [-0.4, -0.2) is 56.4 Å². The van der Waals surface area contributed by atoms with Gasteiger partial charge in [0.25, 0.3) is 0 Å². The number of rotatable bonds is 12. The number of likely N-dealkylation sites (tertiary alicyclic amines) is 1. The first-order valence-electron chi connectivity index (χ1n) is 14.1. The molecule has 2 unspecified atom stereocenters. The summed E-state index contributed by atoms with van der Waals surface area (Å²) in [6.07, 6.45) is 4.82. The maximum absolute atomic E-state index is 14.1. The molecule has 3 N–H and O–H groups in total. The van der Waals surface area contributed by atoms with Crippen molar-refractivity contribution in [2.75, 3.05) is 13.2 Å². The van der Waals surface area contributed by atoms with E-state index >= 15 is 0 Å². The Hall–Kier alpha value is -2.84. The van der Waals surface area contributed by atoms with Crippen LogP contribution in [0, 0.1) is 11.8 Å². The number of hydrogen-bond donors (Lipinski definition) is 3. The van der Waals surface area contributed by atoms with Crippen molar-refractivity contribution in [2.45, 2.75) is 74.1 Å². The number of nitrogens with zero attached hydrogens (tertiary/aromatic N) is 1. The highest BCUT2D eigenvalue weighted by molar-refractivity contribution is 8.02. The molecule has 8 heteroatoms. The fourth-order valence-electron chi connectivity index (χ4n) is 6.89. The summed E-state index contributed by atoms with van der Waals surface area (Å²) in [6, 6.07) is 19.0. The lowest BCUT2D eigenvalue weighted by Gasteiger charge is -2.35. The summed E-state index contributed by atoms with van der Waals surface area (Å²) in [5.74, 6) is -1.28. The van der Waals surface area contributed by atoms with Gasteiger partial charge in [-0.2, -0.15) is 0 Å². The van der Waals surface area contributed by atoms with Crippen molar-refractivity contribution in [1.82, 2.24) is 15.5 Å². The van der Waals surface area contributed by atoms with Gasteiger partial charge in [0.1, 0.15) is 6.04 Å². The average Bonchev–Trinajstić information content (AvgIpc) is 3.52. The van der Waals surface area contributed by atoms with Gasteiger partial charge < -0.3 is 20.6 Å². The number of aliphatic hydroxyl groups excluding tert-OH is 1. The number of unbranched alkanes of at least 4 members (excludes halogenated alkanes) is 3. The van der Waals surface area contributed by atoms with E-state index < -0.39 is 22.6 Å². The van der Waals surface area contributed by atoms with Gasteiger partial charge in [-0.1, -0.05) is 73.5 Å². The van der Waals surface area contributed by atoms with E-state index in [1.807, 2.05) is 60.7 Å². The molecule has 3 amide bonds. The van der Waals surface area contributed by atoms with Crippen LogP contribution >= 0.6 is 11.8 Å². The second-order valence-corrected chi connectivity index (χ2v) is 13.2. The molecule has 1 spiro atoms. The number of benzene rings is 2. The highest BCUT2D eigenvalue weighted by atomic mass is 32.2. The number of thioether (sulfide) groups is 1. The molecule has 2 aromatic carbocycles. The standard InChI is InChI=1S/C31H39N3O4S/c1-30-16-17-31(39-30)25(24(30)27(36)32-20-22-12-6-4-7-13-22)29(38)34(18-10-2-3-11-19-35)26(31)28(37)33-21-23-14-8-5-9-15-23/h4-9,12-15,24-26,35H,2-3,10-11,16-21H2,1H3,(H,32,36)(H,33,37)/t24-,25-,26?,30+,31?/m0/s1. The van der Waals surface area contributed by atoms with Gasteiger partial charge in [-0.15, -0.1) is 11.8 Å². The number of amides is 3. The Morgan fingerprint density at radius 2 is 1.49 bits per heavy atom. The van der Waals surface area contributed by atoms with Gasteiger partial charge in [0.05, 0.1) is 16.6 Å². The maximum Gasteiger partial charge on any atom is 0.244 e. The first-order chi connectivity index (χ1) is 18.9. The van der Waals surface area contributed by atoms with Crippen molar-refractivity contribution >= 4 is 29.5 Å². The lowest BCUT2D eigenvalue weighted by Crippen LogP contribution is -2.53. The molecule has 3 fully saturated rings. The molecule has 3 heterocycles. The van der Waals surface area contributed by atoms with E-state index in [2.05, 4.69) is 17.6 Å².